The molecule has 0 aliphatic carbocycles. The average Bonchev–Trinajstić information content (AvgIpc) is 3.42. The van der Waals surface area contributed by atoms with Gasteiger partial charge in [0.05, 0.1) is 6.57 Å². The van der Waals surface area contributed by atoms with Gasteiger partial charge in [-0.2, -0.15) is 0 Å². The van der Waals surface area contributed by atoms with Crippen LogP contribution < -0.4 is 123 Å². The van der Waals surface area contributed by atoms with Gasteiger partial charge in [-0.05, 0) is 62.2 Å². The van der Waals surface area contributed by atoms with Crippen molar-refractivity contribution in [2.24, 2.45) is 0 Å². The topological polar surface area (TPSA) is 133 Å². The number of β-amino-alcohol motifs (C(OH)–C–C–N with tert-alkyl or cyclic N) is 1. The number of H-pyrrole nitrogens is 1. The predicted molar refractivity (Wildman–Crippen MR) is 141 cm³/mol. The van der Waals surface area contributed by atoms with Crippen LogP contribution in [0.1, 0.15) is 20.8 Å². The number of aliphatic hydroxyl groups excluding tert-OH is 1. The normalized spacial score (nSPS) is 11.0. The molecule has 0 aliphatic rings. The van der Waals surface area contributed by atoms with E-state index in [2.05, 4.69) is 38.9 Å². The van der Waals surface area contributed by atoms with Crippen molar-refractivity contribution in [3.8, 4) is 17.4 Å². The summed E-state index contributed by atoms with van der Waals surface area (Å²) in [7, 11) is 0. The molecule has 10 nitrogen and oxygen atoms in total. The van der Waals surface area contributed by atoms with Crippen LogP contribution >= 0.6 is 0 Å². The second kappa shape index (κ2) is 19.1. The zero-order valence-corrected chi connectivity index (χ0v) is 29.3. The van der Waals surface area contributed by atoms with Gasteiger partial charge in [0.2, 0.25) is 11.6 Å². The first-order valence-electron chi connectivity index (χ1n) is 11.8. The number of rotatable bonds is 11. The van der Waals surface area contributed by atoms with Gasteiger partial charge in [-0.25, -0.2) is 9.83 Å². The van der Waals surface area contributed by atoms with Crippen molar-refractivity contribution >= 4 is 23.1 Å². The summed E-state index contributed by atoms with van der Waals surface area (Å²) >= 11 is 0. The molecule has 0 fully saturated rings. The molecule has 12 heteroatoms. The summed E-state index contributed by atoms with van der Waals surface area (Å²) in [6.45, 7) is 11.9. The number of fused-ring (bicyclic) bond motifs is 1. The molecule has 1 atom stereocenters. The molecule has 0 spiro atoms. The summed E-state index contributed by atoms with van der Waals surface area (Å²) in [6.07, 6.45) is 3.60. The first-order chi connectivity index (χ1) is 18.3. The van der Waals surface area contributed by atoms with Crippen LogP contribution in [0.25, 0.3) is 15.7 Å². The van der Waals surface area contributed by atoms with E-state index in [4.69, 9.17) is 26.1 Å². The number of nitrogens with zero attached hydrogens (tertiary/aromatic N) is 2. The van der Waals surface area contributed by atoms with E-state index in [1.54, 1.807) is 18.3 Å². The number of hydrogen-bond acceptors (Lipinski definition) is 8. The third-order valence-electron chi connectivity index (χ3n) is 5.50. The van der Waals surface area contributed by atoms with Crippen LogP contribution in [0.3, 0.4) is 0 Å². The van der Waals surface area contributed by atoms with Crippen molar-refractivity contribution in [3.63, 3.8) is 0 Å². The van der Waals surface area contributed by atoms with Crippen LogP contribution in [0.15, 0.2) is 73.1 Å². The predicted octanol–water partition coefficient (Wildman–Crippen LogP) is -2.19. The maximum atomic E-state index is 10.4. The first-order valence-corrected chi connectivity index (χ1v) is 11.8. The van der Waals surface area contributed by atoms with Crippen molar-refractivity contribution in [1.29, 1.82) is 0 Å². The molecule has 0 radical (unpaired) electrons. The van der Waals surface area contributed by atoms with E-state index < -0.39 is 6.10 Å². The van der Waals surface area contributed by atoms with Gasteiger partial charge in [0.15, 0.2) is 0 Å². The van der Waals surface area contributed by atoms with Crippen LogP contribution in [0.5, 0.6) is 17.4 Å². The van der Waals surface area contributed by atoms with Gasteiger partial charge in [-0.1, -0.05) is 24.3 Å². The molecule has 40 heavy (non-hydrogen) atoms. The van der Waals surface area contributed by atoms with Crippen molar-refractivity contribution in [1.82, 2.24) is 15.3 Å². The molecule has 0 amide bonds. The Balaban J connectivity index is 0.00000215. The van der Waals surface area contributed by atoms with E-state index in [0.717, 1.165) is 28.6 Å². The number of aliphatic hydroxyl groups is 1. The van der Waals surface area contributed by atoms with Gasteiger partial charge >= 0.3 is 103 Å². The molecule has 0 aliphatic heterocycles. The molecule has 3 N–H and O–H groups in total. The van der Waals surface area contributed by atoms with Crippen LogP contribution in [-0.2, 0) is 16.1 Å². The number of aromatic amines is 1. The van der Waals surface area contributed by atoms with E-state index in [9.17, 15) is 5.11 Å². The monoisotopic (exact) mass is 596 g/mol. The van der Waals surface area contributed by atoms with Gasteiger partial charge in [0.25, 0.3) is 6.47 Å². The minimum absolute atomic E-state index is 0. The number of carbonyl (C=O) groups excluding carboxylic acids is 1. The second-order valence-corrected chi connectivity index (χ2v) is 8.98. The largest absolute Gasteiger partial charge is 1.00 e. The SMILES string of the molecule is O=CO[O-].[C-]#[N+]c1cccnc1Oc1ccc(CC(C)(C)NC[C@H](O)COc2cccc3[nH]ccc23)cc1.[H-].[K+].[K+]. The fourth-order valence-corrected chi connectivity index (χ4v) is 3.73. The summed E-state index contributed by atoms with van der Waals surface area (Å²) in [5.74, 6) is 1.69. The Hall–Kier alpha value is -1.16. The van der Waals surface area contributed by atoms with Gasteiger partial charge in [-0.3, -0.25) is 4.79 Å². The fourth-order valence-electron chi connectivity index (χ4n) is 3.73. The molecule has 0 bridgehead atoms. The number of nitrogens with one attached hydrogen (secondary N) is 2. The number of aromatic nitrogens is 2. The smallest absolute Gasteiger partial charge is 1.00 e. The molecule has 0 unspecified atom stereocenters. The van der Waals surface area contributed by atoms with E-state index in [1.807, 2.05) is 54.7 Å². The zero-order valence-electron chi connectivity index (χ0n) is 24.1. The number of ether oxygens (including phenoxy) is 2. The molecule has 0 saturated heterocycles. The number of hydrogen-bond donors (Lipinski definition) is 3. The Labute approximate surface area is 319 Å². The Morgan fingerprint density at radius 2 is 1.90 bits per heavy atom. The molecule has 4 aromatic rings. The van der Waals surface area contributed by atoms with Crippen LogP contribution in [0.2, 0.25) is 0 Å². The van der Waals surface area contributed by atoms with Crippen LogP contribution in [0, 0.1) is 6.57 Å². The third kappa shape index (κ3) is 12.0. The minimum atomic E-state index is -0.640. The first kappa shape index (κ1) is 36.9. The molecule has 2 aromatic heterocycles. The standard InChI is InChI=1S/C27H28N4O3.CH2O3.2K.H/c1-27(2,31-17-20(32)18-33-25-8-4-6-23-22(25)13-15-29-23)16-19-9-11-21(12-10-19)34-26-24(28-3)7-5-14-30-26;2-1-4-3;;;/h4-15,20,29,31-32H,16-18H2,1-2H3;1,3H;;;/q;;2*+1;-1/p-1/t20-;;;;/m0..../s1. The van der Waals surface area contributed by atoms with E-state index in [1.165, 1.54) is 0 Å². The van der Waals surface area contributed by atoms with Crippen molar-refractivity contribution in [2.45, 2.75) is 31.9 Å². The molecule has 200 valence electrons. The van der Waals surface area contributed by atoms with Gasteiger partial charge in [-0.15, -0.1) is 0 Å². The van der Waals surface area contributed by atoms with Gasteiger partial charge in [0, 0.05) is 35.4 Å². The summed E-state index contributed by atoms with van der Waals surface area (Å²) in [5.41, 5.74) is 2.28. The molecular weight excluding hydrogens is 567 g/mol. The maximum Gasteiger partial charge on any atom is 1.00 e. The summed E-state index contributed by atoms with van der Waals surface area (Å²) in [5, 5.41) is 23.3. The Morgan fingerprint density at radius 1 is 1.18 bits per heavy atom. The zero-order chi connectivity index (χ0) is 27.4. The van der Waals surface area contributed by atoms with E-state index >= 15 is 0 Å². The molecule has 0 saturated carbocycles. The molecular formula is C28H30K2N4O6. The summed E-state index contributed by atoms with van der Waals surface area (Å²) in [4.78, 5) is 22.0. The summed E-state index contributed by atoms with van der Waals surface area (Å²) in [6, 6.07) is 18.9. The quantitative estimate of drug-likeness (QED) is 0.0585. The Bertz CT molecular complexity index is 1370. The second-order valence-electron chi connectivity index (χ2n) is 8.98. The maximum absolute atomic E-state index is 10.4. The van der Waals surface area contributed by atoms with Crippen molar-refractivity contribution in [2.75, 3.05) is 13.2 Å². The van der Waals surface area contributed by atoms with Gasteiger partial charge in [0.1, 0.15) is 24.2 Å². The number of carbonyl (C=O) groups is 1. The van der Waals surface area contributed by atoms with Gasteiger partial charge < -0.3 is 36.5 Å². The molecule has 4 rings (SSSR count). The Kier molecular flexibility index (Phi) is 17.6. The van der Waals surface area contributed by atoms with Crippen LogP contribution in [0.4, 0.5) is 5.69 Å². The van der Waals surface area contributed by atoms with E-state index in [0.29, 0.717) is 23.9 Å². The molecule has 2 aromatic carbocycles. The summed E-state index contributed by atoms with van der Waals surface area (Å²) < 4.78 is 11.6. The number of pyridine rings is 1. The third-order valence-corrected chi connectivity index (χ3v) is 5.50. The Morgan fingerprint density at radius 3 is 2.58 bits per heavy atom. The van der Waals surface area contributed by atoms with Crippen molar-refractivity contribution < 1.29 is 134 Å². The average molecular weight is 597 g/mol. The fraction of sp³-hybridized carbons (Fsp3) is 0.250. The van der Waals surface area contributed by atoms with E-state index in [-0.39, 0.29) is 123 Å². The number of benzene rings is 2. The van der Waals surface area contributed by atoms with Crippen molar-refractivity contribution in [3.05, 3.63) is 90.0 Å². The molecule has 2 heterocycles. The van der Waals surface area contributed by atoms with Crippen LogP contribution in [-0.4, -0.2) is 46.3 Å². The minimum Gasteiger partial charge on any atom is -1.00 e.